The van der Waals surface area contributed by atoms with Crippen molar-refractivity contribution in [1.29, 1.82) is 0 Å². The molecule has 4 rings (SSSR count). The van der Waals surface area contributed by atoms with Gasteiger partial charge < -0.3 is 4.57 Å². The Morgan fingerprint density at radius 1 is 0.903 bits per heavy atom. The zero-order chi connectivity index (χ0) is 21.8. The van der Waals surface area contributed by atoms with E-state index in [1.807, 2.05) is 52.4 Å². The number of hydrogen-bond acceptors (Lipinski definition) is 2. The van der Waals surface area contributed by atoms with Gasteiger partial charge in [-0.1, -0.05) is 60.1 Å². The smallest absolute Gasteiger partial charge is 0.316 e. The number of halogens is 4. The third-order valence-corrected chi connectivity index (χ3v) is 5.92. The molecule has 2 nitrogen and oxygen atoms in total. The van der Waals surface area contributed by atoms with E-state index in [9.17, 15) is 13.2 Å². The Balaban J connectivity index is 1.77. The van der Waals surface area contributed by atoms with Crippen LogP contribution in [0, 0.1) is 0 Å². The first-order chi connectivity index (χ1) is 14.9. The van der Waals surface area contributed by atoms with E-state index >= 15 is 0 Å². The van der Waals surface area contributed by atoms with Crippen LogP contribution in [0.2, 0.25) is 5.02 Å². The Labute approximate surface area is 186 Å². The van der Waals surface area contributed by atoms with Crippen LogP contribution in [0.5, 0.6) is 0 Å². The van der Waals surface area contributed by atoms with Gasteiger partial charge >= 0.3 is 6.18 Å². The van der Waals surface area contributed by atoms with Crippen molar-refractivity contribution in [2.45, 2.75) is 19.1 Å². The standard InChI is InChI=1S/C24H18ClF3N2S/c25-20-11-9-18(10-12-20)22-16-31-23(30(22)14-13-17-5-2-1-3-6-17)29-21-8-4-7-19(15-21)24(26,27)28/h1-12,15-16H,13-14H2. The molecule has 0 aliphatic heterocycles. The first-order valence-corrected chi connectivity index (χ1v) is 10.9. The van der Waals surface area contributed by atoms with Crippen LogP contribution in [0.1, 0.15) is 11.1 Å². The summed E-state index contributed by atoms with van der Waals surface area (Å²) in [5.74, 6) is 0. The Morgan fingerprint density at radius 2 is 1.65 bits per heavy atom. The second kappa shape index (κ2) is 9.12. The molecule has 0 atom stereocenters. The van der Waals surface area contributed by atoms with Gasteiger partial charge in [-0.05, 0) is 47.9 Å². The first-order valence-electron chi connectivity index (χ1n) is 9.60. The third kappa shape index (κ3) is 5.27. The number of aromatic nitrogens is 1. The van der Waals surface area contributed by atoms with Crippen molar-refractivity contribution >= 4 is 28.6 Å². The molecule has 0 spiro atoms. The van der Waals surface area contributed by atoms with Gasteiger partial charge in [-0.25, -0.2) is 4.99 Å². The van der Waals surface area contributed by atoms with E-state index in [4.69, 9.17) is 11.6 Å². The molecule has 0 bridgehead atoms. The number of aryl methyl sites for hydroxylation is 1. The van der Waals surface area contributed by atoms with Crippen molar-refractivity contribution in [3.05, 3.63) is 105 Å². The molecule has 1 aromatic heterocycles. The summed E-state index contributed by atoms with van der Waals surface area (Å²) in [6.07, 6.45) is -3.63. The van der Waals surface area contributed by atoms with Crippen LogP contribution in [-0.2, 0) is 19.1 Å². The topological polar surface area (TPSA) is 17.3 Å². The highest BCUT2D eigenvalue weighted by Gasteiger charge is 2.30. The van der Waals surface area contributed by atoms with Gasteiger partial charge in [0.1, 0.15) is 0 Å². The van der Waals surface area contributed by atoms with Crippen molar-refractivity contribution in [2.75, 3.05) is 0 Å². The van der Waals surface area contributed by atoms with Gasteiger partial charge in [-0.3, -0.25) is 0 Å². The molecule has 1 heterocycles. The predicted octanol–water partition coefficient (Wildman–Crippen LogP) is 7.36. The lowest BCUT2D eigenvalue weighted by Gasteiger charge is -2.10. The van der Waals surface area contributed by atoms with E-state index in [-0.39, 0.29) is 5.69 Å². The van der Waals surface area contributed by atoms with Crippen LogP contribution < -0.4 is 4.80 Å². The maximum Gasteiger partial charge on any atom is 0.416 e. The van der Waals surface area contributed by atoms with Crippen molar-refractivity contribution in [2.24, 2.45) is 4.99 Å². The summed E-state index contributed by atoms with van der Waals surface area (Å²) in [6.45, 7) is 0.642. The van der Waals surface area contributed by atoms with Crippen LogP contribution in [0.25, 0.3) is 11.3 Å². The molecule has 4 aromatic rings. The van der Waals surface area contributed by atoms with Gasteiger partial charge in [0.2, 0.25) is 0 Å². The number of hydrogen-bond donors (Lipinski definition) is 0. The normalized spacial score (nSPS) is 12.3. The monoisotopic (exact) mass is 458 g/mol. The summed E-state index contributed by atoms with van der Waals surface area (Å²) in [5.41, 5.74) is 2.66. The third-order valence-electron chi connectivity index (χ3n) is 4.80. The van der Waals surface area contributed by atoms with Gasteiger partial charge in [0.15, 0.2) is 4.80 Å². The van der Waals surface area contributed by atoms with E-state index in [0.29, 0.717) is 16.4 Å². The summed E-state index contributed by atoms with van der Waals surface area (Å²) < 4.78 is 41.3. The number of benzene rings is 3. The predicted molar refractivity (Wildman–Crippen MR) is 120 cm³/mol. The average molecular weight is 459 g/mol. The van der Waals surface area contributed by atoms with Crippen LogP contribution in [0.15, 0.2) is 89.2 Å². The molecule has 0 saturated carbocycles. The Morgan fingerprint density at radius 3 is 2.35 bits per heavy atom. The van der Waals surface area contributed by atoms with E-state index in [1.165, 1.54) is 23.0 Å². The van der Waals surface area contributed by atoms with Crippen molar-refractivity contribution in [1.82, 2.24) is 4.57 Å². The molecule has 0 unspecified atom stereocenters. The maximum absolute atomic E-state index is 13.1. The SMILES string of the molecule is FC(F)(F)c1cccc(N=c2scc(-c3ccc(Cl)cc3)n2CCc2ccccc2)c1. The maximum atomic E-state index is 13.1. The summed E-state index contributed by atoms with van der Waals surface area (Å²) in [6, 6.07) is 22.6. The Bertz CT molecular complexity index is 1230. The van der Waals surface area contributed by atoms with E-state index in [0.717, 1.165) is 29.8 Å². The summed E-state index contributed by atoms with van der Waals surface area (Å²) in [7, 11) is 0. The van der Waals surface area contributed by atoms with Crippen LogP contribution >= 0.6 is 22.9 Å². The molecule has 0 amide bonds. The van der Waals surface area contributed by atoms with Crippen LogP contribution in [0.3, 0.4) is 0 Å². The number of rotatable bonds is 5. The van der Waals surface area contributed by atoms with Gasteiger partial charge in [-0.15, -0.1) is 11.3 Å². The van der Waals surface area contributed by atoms with E-state index in [1.54, 1.807) is 6.07 Å². The number of thiazole rings is 1. The fourth-order valence-corrected chi connectivity index (χ4v) is 4.32. The fourth-order valence-electron chi connectivity index (χ4n) is 3.23. The fraction of sp³-hybridized carbons (Fsp3) is 0.125. The molecule has 0 fully saturated rings. The Kier molecular flexibility index (Phi) is 6.30. The molecule has 7 heteroatoms. The highest BCUT2D eigenvalue weighted by atomic mass is 35.5. The lowest BCUT2D eigenvalue weighted by atomic mass is 10.1. The molecule has 0 aliphatic carbocycles. The minimum Gasteiger partial charge on any atom is -0.316 e. The second-order valence-corrected chi connectivity index (χ2v) is 8.23. The molecule has 0 N–H and O–H groups in total. The lowest BCUT2D eigenvalue weighted by Crippen LogP contribution is -2.17. The van der Waals surface area contributed by atoms with Gasteiger partial charge in [-0.2, -0.15) is 13.2 Å². The minimum absolute atomic E-state index is 0.271. The number of alkyl halides is 3. The second-order valence-electron chi connectivity index (χ2n) is 6.96. The van der Waals surface area contributed by atoms with Gasteiger partial charge in [0.25, 0.3) is 0 Å². The van der Waals surface area contributed by atoms with Crippen LogP contribution in [0.4, 0.5) is 18.9 Å². The van der Waals surface area contributed by atoms with E-state index < -0.39 is 11.7 Å². The highest BCUT2D eigenvalue weighted by molar-refractivity contribution is 7.07. The van der Waals surface area contributed by atoms with Crippen molar-refractivity contribution < 1.29 is 13.2 Å². The molecule has 158 valence electrons. The first kappa shape index (κ1) is 21.4. The van der Waals surface area contributed by atoms with Crippen molar-refractivity contribution in [3.8, 4) is 11.3 Å². The summed E-state index contributed by atoms with van der Waals surface area (Å²) in [4.78, 5) is 5.19. The van der Waals surface area contributed by atoms with E-state index in [2.05, 4.69) is 17.1 Å². The lowest BCUT2D eigenvalue weighted by molar-refractivity contribution is -0.137. The number of nitrogens with zero attached hydrogens (tertiary/aromatic N) is 2. The zero-order valence-corrected chi connectivity index (χ0v) is 17.9. The quantitative estimate of drug-likeness (QED) is 0.297. The molecule has 3 aromatic carbocycles. The molecule has 0 radical (unpaired) electrons. The highest BCUT2D eigenvalue weighted by Crippen LogP contribution is 2.31. The van der Waals surface area contributed by atoms with Gasteiger partial charge in [0, 0.05) is 16.9 Å². The molecular formula is C24H18ClF3N2S. The average Bonchev–Trinajstić information content (AvgIpc) is 3.15. The molecule has 31 heavy (non-hydrogen) atoms. The zero-order valence-electron chi connectivity index (χ0n) is 16.3. The van der Waals surface area contributed by atoms with Crippen molar-refractivity contribution in [3.63, 3.8) is 0 Å². The summed E-state index contributed by atoms with van der Waals surface area (Å²) >= 11 is 7.43. The molecule has 0 saturated heterocycles. The largest absolute Gasteiger partial charge is 0.416 e. The molecular weight excluding hydrogens is 441 g/mol. The summed E-state index contributed by atoms with van der Waals surface area (Å²) in [5, 5.41) is 2.62. The van der Waals surface area contributed by atoms with Crippen LogP contribution in [-0.4, -0.2) is 4.57 Å². The minimum atomic E-state index is -4.40. The van der Waals surface area contributed by atoms with Gasteiger partial charge in [0.05, 0.1) is 16.9 Å². The Hall–Kier alpha value is -2.83. The molecule has 0 aliphatic rings.